The Hall–Kier alpha value is -1.24. The van der Waals surface area contributed by atoms with Gasteiger partial charge in [-0.3, -0.25) is 0 Å². The molecule has 0 aliphatic rings. The Morgan fingerprint density at radius 1 is 1.28 bits per heavy atom. The van der Waals surface area contributed by atoms with Gasteiger partial charge >= 0.3 is 0 Å². The zero-order chi connectivity index (χ0) is 13.7. The number of nitrogens with one attached hydrogen (secondary N) is 1. The third kappa shape index (κ3) is 3.16. The number of aliphatic hydroxyl groups excluding tert-OH is 2. The second-order valence-corrected chi connectivity index (χ2v) is 3.89. The molecule has 0 spiro atoms. The van der Waals surface area contributed by atoms with Crippen LogP contribution in [0, 0.1) is 11.6 Å². The summed E-state index contributed by atoms with van der Waals surface area (Å²) in [4.78, 5) is 0. The van der Waals surface area contributed by atoms with Crippen molar-refractivity contribution in [3.63, 3.8) is 0 Å². The predicted molar refractivity (Wildman–Crippen MR) is 62.4 cm³/mol. The van der Waals surface area contributed by atoms with Crippen molar-refractivity contribution in [2.75, 3.05) is 20.7 Å². The Morgan fingerprint density at radius 2 is 1.94 bits per heavy atom. The molecule has 6 heteroatoms. The quantitative estimate of drug-likeness (QED) is 0.714. The van der Waals surface area contributed by atoms with Crippen molar-refractivity contribution < 1.29 is 23.7 Å². The van der Waals surface area contributed by atoms with E-state index in [1.165, 1.54) is 19.2 Å². The summed E-state index contributed by atoms with van der Waals surface area (Å²) in [6.07, 6.45) is -2.41. The maximum Gasteiger partial charge on any atom is 0.200 e. The van der Waals surface area contributed by atoms with Crippen LogP contribution >= 0.6 is 0 Å². The lowest BCUT2D eigenvalue weighted by Gasteiger charge is -2.19. The zero-order valence-corrected chi connectivity index (χ0v) is 10.3. The highest BCUT2D eigenvalue weighted by molar-refractivity contribution is 5.32. The summed E-state index contributed by atoms with van der Waals surface area (Å²) < 4.78 is 31.7. The van der Waals surface area contributed by atoms with Gasteiger partial charge in [0.15, 0.2) is 11.6 Å². The second kappa shape index (κ2) is 6.63. The van der Waals surface area contributed by atoms with Crippen LogP contribution in [-0.2, 0) is 0 Å². The van der Waals surface area contributed by atoms with Crippen molar-refractivity contribution in [2.24, 2.45) is 0 Å². The van der Waals surface area contributed by atoms with Gasteiger partial charge in [0.2, 0.25) is 5.82 Å². The van der Waals surface area contributed by atoms with Gasteiger partial charge in [0.1, 0.15) is 6.10 Å². The topological polar surface area (TPSA) is 61.7 Å². The van der Waals surface area contributed by atoms with Gasteiger partial charge in [-0.2, -0.15) is 4.39 Å². The van der Waals surface area contributed by atoms with Crippen LogP contribution in [0.5, 0.6) is 5.75 Å². The lowest BCUT2D eigenvalue weighted by atomic mass is 10.0. The van der Waals surface area contributed by atoms with Crippen molar-refractivity contribution >= 4 is 0 Å². The van der Waals surface area contributed by atoms with Crippen LogP contribution in [0.15, 0.2) is 12.1 Å². The highest BCUT2D eigenvalue weighted by Crippen LogP contribution is 2.28. The molecule has 1 aromatic rings. The largest absolute Gasteiger partial charge is 0.494 e. The molecule has 0 aromatic heterocycles. The number of rotatable bonds is 6. The molecule has 1 rings (SSSR count). The summed E-state index contributed by atoms with van der Waals surface area (Å²) in [7, 11) is 2.91. The first-order valence-electron chi connectivity index (χ1n) is 5.55. The molecular formula is C12H17F2NO3. The van der Waals surface area contributed by atoms with Crippen LogP contribution < -0.4 is 10.1 Å². The molecule has 3 N–H and O–H groups in total. The van der Waals surface area contributed by atoms with Gasteiger partial charge in [0, 0.05) is 5.56 Å². The molecule has 2 unspecified atom stereocenters. The van der Waals surface area contributed by atoms with Crippen LogP contribution in [-0.4, -0.2) is 37.0 Å². The molecular weight excluding hydrogens is 244 g/mol. The molecule has 0 radical (unpaired) electrons. The lowest BCUT2D eigenvalue weighted by Crippen LogP contribution is -2.24. The first-order chi connectivity index (χ1) is 8.52. The number of ether oxygens (including phenoxy) is 1. The molecule has 4 nitrogen and oxygen atoms in total. The molecule has 0 aliphatic heterocycles. The molecule has 0 bridgehead atoms. The molecule has 0 aliphatic carbocycles. The Labute approximate surface area is 104 Å². The summed E-state index contributed by atoms with van der Waals surface area (Å²) >= 11 is 0. The number of aliphatic hydroxyl groups is 2. The maximum atomic E-state index is 13.6. The standard InChI is InChI=1S/C12H17F2NO3/c1-15-6-5-8(16)12(17)7-3-4-9(18-2)11(14)10(7)13/h3-4,8,12,15-17H,5-6H2,1-2H3. The van der Waals surface area contributed by atoms with Crippen LogP contribution in [0.2, 0.25) is 0 Å². The van der Waals surface area contributed by atoms with E-state index in [0.29, 0.717) is 6.54 Å². The predicted octanol–water partition coefficient (Wildman–Crippen LogP) is 0.977. The number of hydrogen-bond acceptors (Lipinski definition) is 4. The Balaban J connectivity index is 2.92. The molecule has 0 fully saturated rings. The van der Waals surface area contributed by atoms with E-state index in [4.69, 9.17) is 0 Å². The van der Waals surface area contributed by atoms with Crippen LogP contribution in [0.1, 0.15) is 18.1 Å². The number of hydrogen-bond donors (Lipinski definition) is 3. The normalized spacial score (nSPS) is 14.3. The lowest BCUT2D eigenvalue weighted by molar-refractivity contribution is 0.0116. The van der Waals surface area contributed by atoms with Crippen molar-refractivity contribution in [3.8, 4) is 5.75 Å². The summed E-state index contributed by atoms with van der Waals surface area (Å²) in [5.74, 6) is -2.62. The number of methoxy groups -OCH3 is 1. The fourth-order valence-electron chi connectivity index (χ4n) is 1.59. The average molecular weight is 261 g/mol. The van der Waals surface area contributed by atoms with Gasteiger partial charge in [-0.15, -0.1) is 0 Å². The van der Waals surface area contributed by atoms with Crippen molar-refractivity contribution in [3.05, 3.63) is 29.3 Å². The summed E-state index contributed by atoms with van der Waals surface area (Å²) in [5, 5.41) is 22.2. The van der Waals surface area contributed by atoms with Crippen molar-refractivity contribution in [2.45, 2.75) is 18.6 Å². The molecule has 18 heavy (non-hydrogen) atoms. The zero-order valence-electron chi connectivity index (χ0n) is 10.3. The van der Waals surface area contributed by atoms with E-state index in [1.54, 1.807) is 7.05 Å². The Kier molecular flexibility index (Phi) is 5.46. The summed E-state index contributed by atoms with van der Waals surface area (Å²) in [6.45, 7) is 0.457. The molecule has 2 atom stereocenters. The molecule has 0 saturated carbocycles. The minimum Gasteiger partial charge on any atom is -0.494 e. The van der Waals surface area contributed by atoms with Crippen LogP contribution in [0.4, 0.5) is 8.78 Å². The van der Waals surface area contributed by atoms with Gasteiger partial charge < -0.3 is 20.3 Å². The van der Waals surface area contributed by atoms with Gasteiger partial charge in [0.05, 0.1) is 13.2 Å². The monoisotopic (exact) mass is 261 g/mol. The molecule has 1 aromatic carbocycles. The first kappa shape index (κ1) is 14.8. The SMILES string of the molecule is CNCCC(O)C(O)c1ccc(OC)c(F)c1F. The number of halogens is 2. The molecule has 0 saturated heterocycles. The van der Waals surface area contributed by atoms with Crippen molar-refractivity contribution in [1.29, 1.82) is 0 Å². The van der Waals surface area contributed by atoms with E-state index in [9.17, 15) is 19.0 Å². The minimum atomic E-state index is -1.47. The molecule has 0 amide bonds. The number of benzene rings is 1. The van der Waals surface area contributed by atoms with E-state index in [0.717, 1.165) is 0 Å². The fourth-order valence-corrected chi connectivity index (χ4v) is 1.59. The smallest absolute Gasteiger partial charge is 0.200 e. The van der Waals surface area contributed by atoms with Crippen molar-refractivity contribution in [1.82, 2.24) is 5.32 Å². The third-order valence-electron chi connectivity index (χ3n) is 2.67. The van der Waals surface area contributed by atoms with Gasteiger partial charge in [-0.25, -0.2) is 4.39 Å². The summed E-state index contributed by atoms with van der Waals surface area (Å²) in [5.41, 5.74) is -0.281. The highest BCUT2D eigenvalue weighted by atomic mass is 19.2. The highest BCUT2D eigenvalue weighted by Gasteiger charge is 2.24. The average Bonchev–Trinajstić information content (AvgIpc) is 2.38. The minimum absolute atomic E-state index is 0.227. The van der Waals surface area contributed by atoms with E-state index < -0.39 is 23.8 Å². The first-order valence-corrected chi connectivity index (χ1v) is 5.55. The Morgan fingerprint density at radius 3 is 2.50 bits per heavy atom. The second-order valence-electron chi connectivity index (χ2n) is 3.89. The van der Waals surface area contributed by atoms with E-state index in [-0.39, 0.29) is 17.7 Å². The molecule has 0 heterocycles. The molecule has 102 valence electrons. The van der Waals surface area contributed by atoms with Crippen LogP contribution in [0.25, 0.3) is 0 Å². The van der Waals surface area contributed by atoms with E-state index >= 15 is 0 Å². The van der Waals surface area contributed by atoms with E-state index in [2.05, 4.69) is 10.1 Å². The van der Waals surface area contributed by atoms with Gasteiger partial charge in [-0.05, 0) is 32.1 Å². The van der Waals surface area contributed by atoms with Crippen LogP contribution in [0.3, 0.4) is 0 Å². The maximum absolute atomic E-state index is 13.6. The fraction of sp³-hybridized carbons (Fsp3) is 0.500. The summed E-state index contributed by atoms with van der Waals surface area (Å²) in [6, 6.07) is 2.41. The third-order valence-corrected chi connectivity index (χ3v) is 2.67. The van der Waals surface area contributed by atoms with Gasteiger partial charge in [0.25, 0.3) is 0 Å². The van der Waals surface area contributed by atoms with Gasteiger partial charge in [-0.1, -0.05) is 0 Å². The Bertz CT molecular complexity index is 401. The van der Waals surface area contributed by atoms with E-state index in [1.807, 2.05) is 0 Å².